The van der Waals surface area contributed by atoms with Gasteiger partial charge in [-0.15, -0.1) is 0 Å². The van der Waals surface area contributed by atoms with Crippen LogP contribution in [0.4, 0.5) is 0 Å². The Morgan fingerprint density at radius 2 is 1.78 bits per heavy atom. The third kappa shape index (κ3) is 6.61. The van der Waals surface area contributed by atoms with E-state index in [1.165, 1.54) is 11.1 Å². The van der Waals surface area contributed by atoms with Crippen LogP contribution >= 0.6 is 11.6 Å². The Kier molecular flexibility index (Phi) is 7.67. The van der Waals surface area contributed by atoms with Crippen LogP contribution in [0.15, 0.2) is 42.5 Å². The fourth-order valence-corrected chi connectivity index (χ4v) is 2.73. The number of halogens is 1. The third-order valence-corrected chi connectivity index (χ3v) is 4.23. The molecule has 0 bridgehead atoms. The summed E-state index contributed by atoms with van der Waals surface area (Å²) in [5, 5.41) is 3.05. The summed E-state index contributed by atoms with van der Waals surface area (Å²) in [6.45, 7) is 6.50. The van der Waals surface area contributed by atoms with Crippen LogP contribution in [0.3, 0.4) is 0 Å². The standard InChI is InChI=1S/C21H24ClNO4/c1-14(2)19-9-8-18(12-15(19)3)26-10-11-27-20(24)13-23-21(25)16-4-6-17(22)7-5-16/h4-9,12,14H,10-11,13H2,1-3H3,(H,23,25). The second-order valence-electron chi connectivity index (χ2n) is 6.43. The normalized spacial score (nSPS) is 10.6. The summed E-state index contributed by atoms with van der Waals surface area (Å²) in [7, 11) is 0. The van der Waals surface area contributed by atoms with Crippen molar-refractivity contribution in [2.24, 2.45) is 0 Å². The maximum absolute atomic E-state index is 11.9. The second kappa shape index (κ2) is 9.97. The van der Waals surface area contributed by atoms with Crippen LogP contribution in [-0.2, 0) is 9.53 Å². The molecule has 0 spiro atoms. The first-order valence-corrected chi connectivity index (χ1v) is 9.17. The van der Waals surface area contributed by atoms with Gasteiger partial charge in [0.1, 0.15) is 25.5 Å². The minimum absolute atomic E-state index is 0.112. The molecule has 6 heteroatoms. The van der Waals surface area contributed by atoms with Crippen molar-refractivity contribution in [2.75, 3.05) is 19.8 Å². The highest BCUT2D eigenvalue weighted by Gasteiger charge is 2.09. The Labute approximate surface area is 164 Å². The van der Waals surface area contributed by atoms with Gasteiger partial charge in [0.05, 0.1) is 0 Å². The van der Waals surface area contributed by atoms with Crippen molar-refractivity contribution in [3.8, 4) is 5.75 Å². The van der Waals surface area contributed by atoms with Crippen LogP contribution in [0.1, 0.15) is 41.3 Å². The molecule has 0 aliphatic carbocycles. The number of amides is 1. The van der Waals surface area contributed by atoms with Crippen LogP contribution < -0.4 is 10.1 Å². The van der Waals surface area contributed by atoms with Gasteiger partial charge in [0, 0.05) is 10.6 Å². The smallest absolute Gasteiger partial charge is 0.325 e. The molecule has 0 heterocycles. The lowest BCUT2D eigenvalue weighted by Crippen LogP contribution is -2.31. The zero-order valence-corrected chi connectivity index (χ0v) is 16.5. The maximum atomic E-state index is 11.9. The summed E-state index contributed by atoms with van der Waals surface area (Å²) in [5.74, 6) is 0.319. The Hall–Kier alpha value is -2.53. The molecule has 0 aliphatic heterocycles. The summed E-state index contributed by atoms with van der Waals surface area (Å²) >= 11 is 5.77. The third-order valence-electron chi connectivity index (χ3n) is 3.98. The molecule has 0 radical (unpaired) electrons. The Bertz CT molecular complexity index is 787. The average molecular weight is 390 g/mol. The van der Waals surface area contributed by atoms with Crippen molar-refractivity contribution in [3.63, 3.8) is 0 Å². The topological polar surface area (TPSA) is 64.6 Å². The van der Waals surface area contributed by atoms with Crippen LogP contribution in [0.2, 0.25) is 5.02 Å². The number of aryl methyl sites for hydroxylation is 1. The Balaban J connectivity index is 1.68. The van der Waals surface area contributed by atoms with E-state index in [0.29, 0.717) is 16.5 Å². The minimum atomic E-state index is -0.521. The first kappa shape index (κ1) is 20.8. The summed E-state index contributed by atoms with van der Waals surface area (Å²) < 4.78 is 10.7. The van der Waals surface area contributed by atoms with Gasteiger partial charge < -0.3 is 14.8 Å². The van der Waals surface area contributed by atoms with Crippen molar-refractivity contribution >= 4 is 23.5 Å². The molecule has 0 saturated heterocycles. The van der Waals surface area contributed by atoms with Gasteiger partial charge in [-0.05, 0) is 60.4 Å². The van der Waals surface area contributed by atoms with E-state index in [-0.39, 0.29) is 25.7 Å². The molecule has 0 atom stereocenters. The van der Waals surface area contributed by atoms with E-state index < -0.39 is 5.97 Å². The first-order chi connectivity index (χ1) is 12.9. The number of esters is 1. The van der Waals surface area contributed by atoms with E-state index >= 15 is 0 Å². The molecule has 5 nitrogen and oxygen atoms in total. The largest absolute Gasteiger partial charge is 0.490 e. The highest BCUT2D eigenvalue weighted by atomic mass is 35.5. The maximum Gasteiger partial charge on any atom is 0.325 e. The highest BCUT2D eigenvalue weighted by Crippen LogP contribution is 2.23. The van der Waals surface area contributed by atoms with Gasteiger partial charge in [-0.1, -0.05) is 31.5 Å². The van der Waals surface area contributed by atoms with Gasteiger partial charge in [0.15, 0.2) is 0 Å². The number of benzene rings is 2. The van der Waals surface area contributed by atoms with Crippen LogP contribution in [-0.4, -0.2) is 31.6 Å². The fraction of sp³-hybridized carbons (Fsp3) is 0.333. The average Bonchev–Trinajstić information content (AvgIpc) is 2.63. The molecule has 1 amide bonds. The molecular formula is C21H24ClNO4. The number of hydrogen-bond donors (Lipinski definition) is 1. The lowest BCUT2D eigenvalue weighted by atomic mass is 9.98. The minimum Gasteiger partial charge on any atom is -0.490 e. The van der Waals surface area contributed by atoms with Crippen molar-refractivity contribution in [2.45, 2.75) is 26.7 Å². The van der Waals surface area contributed by atoms with E-state index in [4.69, 9.17) is 21.1 Å². The highest BCUT2D eigenvalue weighted by molar-refractivity contribution is 6.30. The number of ether oxygens (including phenoxy) is 2. The van der Waals surface area contributed by atoms with Crippen LogP contribution in [0, 0.1) is 6.92 Å². The summed E-state index contributed by atoms with van der Waals surface area (Å²) in [6.07, 6.45) is 0. The molecule has 0 fully saturated rings. The zero-order valence-electron chi connectivity index (χ0n) is 15.8. The lowest BCUT2D eigenvalue weighted by molar-refractivity contribution is -0.143. The van der Waals surface area contributed by atoms with E-state index in [0.717, 1.165) is 5.75 Å². The number of carbonyl (C=O) groups excluding carboxylic acids is 2. The van der Waals surface area contributed by atoms with Crippen molar-refractivity contribution < 1.29 is 19.1 Å². The lowest BCUT2D eigenvalue weighted by Gasteiger charge is -2.12. The first-order valence-electron chi connectivity index (χ1n) is 8.79. The second-order valence-corrected chi connectivity index (χ2v) is 6.87. The number of carbonyl (C=O) groups is 2. The van der Waals surface area contributed by atoms with Crippen molar-refractivity contribution in [1.29, 1.82) is 0 Å². The van der Waals surface area contributed by atoms with Gasteiger partial charge >= 0.3 is 5.97 Å². The van der Waals surface area contributed by atoms with Crippen molar-refractivity contribution in [3.05, 3.63) is 64.2 Å². The molecule has 0 aromatic heterocycles. The number of hydrogen-bond acceptors (Lipinski definition) is 4. The van der Waals surface area contributed by atoms with Crippen LogP contribution in [0.5, 0.6) is 5.75 Å². The summed E-state index contributed by atoms with van der Waals surface area (Å²) in [5.41, 5.74) is 2.88. The van der Waals surface area contributed by atoms with E-state index in [1.807, 2.05) is 25.1 Å². The molecule has 0 aliphatic rings. The SMILES string of the molecule is Cc1cc(OCCOC(=O)CNC(=O)c2ccc(Cl)cc2)ccc1C(C)C. The molecule has 144 valence electrons. The quantitative estimate of drug-likeness (QED) is 0.544. The molecule has 27 heavy (non-hydrogen) atoms. The van der Waals surface area contributed by atoms with Gasteiger partial charge in [-0.3, -0.25) is 9.59 Å². The monoisotopic (exact) mass is 389 g/mol. The van der Waals surface area contributed by atoms with E-state index in [2.05, 4.69) is 19.2 Å². The molecule has 2 rings (SSSR count). The van der Waals surface area contributed by atoms with E-state index in [9.17, 15) is 9.59 Å². The number of rotatable bonds is 8. The van der Waals surface area contributed by atoms with Gasteiger partial charge in [-0.2, -0.15) is 0 Å². The molecule has 0 saturated carbocycles. The molecule has 2 aromatic carbocycles. The Morgan fingerprint density at radius 1 is 1.07 bits per heavy atom. The van der Waals surface area contributed by atoms with Gasteiger partial charge in [0.2, 0.25) is 0 Å². The van der Waals surface area contributed by atoms with Crippen LogP contribution in [0.25, 0.3) is 0 Å². The van der Waals surface area contributed by atoms with Gasteiger partial charge in [0.25, 0.3) is 5.91 Å². The Morgan fingerprint density at radius 3 is 2.41 bits per heavy atom. The molecule has 2 aromatic rings. The summed E-state index contributed by atoms with van der Waals surface area (Å²) in [4.78, 5) is 23.6. The summed E-state index contributed by atoms with van der Waals surface area (Å²) in [6, 6.07) is 12.3. The molecular weight excluding hydrogens is 366 g/mol. The van der Waals surface area contributed by atoms with Gasteiger partial charge in [-0.25, -0.2) is 0 Å². The molecule has 1 N–H and O–H groups in total. The fourth-order valence-electron chi connectivity index (χ4n) is 2.61. The molecule has 0 unspecified atom stereocenters. The zero-order chi connectivity index (χ0) is 19.8. The predicted octanol–water partition coefficient (Wildman–Crippen LogP) is 4.12. The van der Waals surface area contributed by atoms with E-state index in [1.54, 1.807) is 24.3 Å². The number of nitrogens with one attached hydrogen (secondary N) is 1. The predicted molar refractivity (Wildman–Crippen MR) is 106 cm³/mol. The van der Waals surface area contributed by atoms with Crippen molar-refractivity contribution in [1.82, 2.24) is 5.32 Å².